The van der Waals surface area contributed by atoms with Gasteiger partial charge in [-0.15, -0.1) is 0 Å². The molecule has 0 radical (unpaired) electrons. The van der Waals surface area contributed by atoms with Crippen molar-refractivity contribution in [3.63, 3.8) is 0 Å². The van der Waals surface area contributed by atoms with Crippen molar-refractivity contribution in [3.8, 4) is 0 Å². The lowest BCUT2D eigenvalue weighted by Crippen LogP contribution is -2.51. The second-order valence-corrected chi connectivity index (χ2v) is 8.29. The molecule has 2 aliphatic rings. The monoisotopic (exact) mass is 349 g/mol. The van der Waals surface area contributed by atoms with Crippen LogP contribution in [-0.4, -0.2) is 94.6 Å². The van der Waals surface area contributed by atoms with E-state index in [1.54, 1.807) is 4.90 Å². The molecule has 1 amide bonds. The van der Waals surface area contributed by atoms with Crippen molar-refractivity contribution in [1.82, 2.24) is 14.5 Å². The van der Waals surface area contributed by atoms with Gasteiger partial charge in [0.2, 0.25) is 15.9 Å². The van der Waals surface area contributed by atoms with Crippen LogP contribution in [0.5, 0.6) is 0 Å². The topological polar surface area (TPSA) is 99.2 Å². The third-order valence-corrected chi connectivity index (χ3v) is 5.01. The largest absolute Gasteiger partial charge is 0.396 e. The maximum absolute atomic E-state index is 12.2. The molecular weight excluding hydrogens is 322 g/mol. The molecule has 2 atom stereocenters. The summed E-state index contributed by atoms with van der Waals surface area (Å²) >= 11 is 0. The van der Waals surface area contributed by atoms with Crippen LogP contribution in [0.15, 0.2) is 0 Å². The maximum atomic E-state index is 12.2. The number of hydrogen-bond donors (Lipinski definition) is 2. The number of aliphatic hydroxyl groups is 1. The Morgan fingerprint density at radius 3 is 2.52 bits per heavy atom. The third kappa shape index (κ3) is 6.34. The van der Waals surface area contributed by atoms with E-state index in [0.29, 0.717) is 19.0 Å². The highest BCUT2D eigenvalue weighted by atomic mass is 32.2. The van der Waals surface area contributed by atoms with E-state index >= 15 is 0 Å². The lowest BCUT2D eigenvalue weighted by atomic mass is 9.89. The van der Waals surface area contributed by atoms with Crippen molar-refractivity contribution < 1.29 is 23.1 Å². The molecule has 9 heteroatoms. The number of likely N-dealkylation sites (tertiary alicyclic amines) is 1. The first-order chi connectivity index (χ1) is 10.9. The fourth-order valence-corrected chi connectivity index (χ4v) is 3.63. The van der Waals surface area contributed by atoms with Crippen molar-refractivity contribution in [2.75, 3.05) is 65.3 Å². The Balaban J connectivity index is 1.90. The molecule has 0 bridgehead atoms. The Labute approximate surface area is 137 Å². The Bertz CT molecular complexity index is 493. The number of morpholine rings is 1. The van der Waals surface area contributed by atoms with Gasteiger partial charge in [-0.25, -0.2) is 13.1 Å². The van der Waals surface area contributed by atoms with E-state index in [1.165, 1.54) is 0 Å². The van der Waals surface area contributed by atoms with Gasteiger partial charge < -0.3 is 14.7 Å². The molecule has 0 aromatic carbocycles. The first-order valence-electron chi connectivity index (χ1n) is 8.00. The van der Waals surface area contributed by atoms with Crippen LogP contribution >= 0.6 is 0 Å². The van der Waals surface area contributed by atoms with Crippen LogP contribution in [0.25, 0.3) is 0 Å². The zero-order valence-electron chi connectivity index (χ0n) is 13.6. The van der Waals surface area contributed by atoms with Crippen LogP contribution in [0, 0.1) is 11.8 Å². The summed E-state index contributed by atoms with van der Waals surface area (Å²) < 4.78 is 29.8. The van der Waals surface area contributed by atoms with Gasteiger partial charge >= 0.3 is 0 Å². The highest BCUT2D eigenvalue weighted by Gasteiger charge is 2.31. The molecule has 0 spiro atoms. The Hall–Kier alpha value is -0.740. The van der Waals surface area contributed by atoms with Gasteiger partial charge in [0.05, 0.1) is 26.0 Å². The minimum Gasteiger partial charge on any atom is -0.396 e. The molecule has 2 fully saturated rings. The normalized spacial score (nSPS) is 27.1. The van der Waals surface area contributed by atoms with Gasteiger partial charge in [0, 0.05) is 39.3 Å². The van der Waals surface area contributed by atoms with Crippen molar-refractivity contribution in [2.45, 2.75) is 6.42 Å². The maximum Gasteiger partial charge on any atom is 0.237 e. The number of rotatable bonds is 6. The fraction of sp³-hybridized carbons (Fsp3) is 0.929. The van der Waals surface area contributed by atoms with E-state index < -0.39 is 10.0 Å². The molecule has 2 rings (SSSR count). The van der Waals surface area contributed by atoms with E-state index in [1.807, 2.05) is 0 Å². The molecule has 0 unspecified atom stereocenters. The molecule has 0 aromatic rings. The zero-order valence-corrected chi connectivity index (χ0v) is 14.4. The van der Waals surface area contributed by atoms with Crippen molar-refractivity contribution in [3.05, 3.63) is 0 Å². The number of carbonyl (C=O) groups is 1. The van der Waals surface area contributed by atoms with E-state index in [4.69, 9.17) is 4.74 Å². The van der Waals surface area contributed by atoms with Crippen LogP contribution in [0.2, 0.25) is 0 Å². The lowest BCUT2D eigenvalue weighted by molar-refractivity contribution is -0.133. The molecule has 2 aliphatic heterocycles. The number of carbonyl (C=O) groups excluding carboxylic acids is 1. The molecule has 2 N–H and O–H groups in total. The molecule has 23 heavy (non-hydrogen) atoms. The summed E-state index contributed by atoms with van der Waals surface area (Å²) in [7, 11) is -3.38. The first-order valence-corrected chi connectivity index (χ1v) is 9.90. The van der Waals surface area contributed by atoms with Crippen molar-refractivity contribution >= 4 is 15.9 Å². The van der Waals surface area contributed by atoms with Gasteiger partial charge in [0.15, 0.2) is 0 Å². The summed E-state index contributed by atoms with van der Waals surface area (Å²) in [6.45, 7) is 5.05. The van der Waals surface area contributed by atoms with Gasteiger partial charge in [-0.3, -0.25) is 9.69 Å². The number of piperidine rings is 1. The average Bonchev–Trinajstić information content (AvgIpc) is 2.52. The molecule has 134 valence electrons. The molecule has 2 saturated heterocycles. The number of ether oxygens (including phenoxy) is 1. The SMILES string of the molecule is CS(=O)(=O)NCC(=O)N1C[C@H](CO)C[C@H](CN2CCOCC2)C1. The second-order valence-electron chi connectivity index (χ2n) is 6.46. The van der Waals surface area contributed by atoms with Gasteiger partial charge in [-0.1, -0.05) is 0 Å². The van der Waals surface area contributed by atoms with Crippen LogP contribution in [-0.2, 0) is 19.6 Å². The van der Waals surface area contributed by atoms with E-state index in [2.05, 4.69) is 9.62 Å². The summed E-state index contributed by atoms with van der Waals surface area (Å²) in [5.41, 5.74) is 0. The van der Waals surface area contributed by atoms with Crippen LogP contribution < -0.4 is 4.72 Å². The van der Waals surface area contributed by atoms with Crippen molar-refractivity contribution in [1.29, 1.82) is 0 Å². The molecule has 0 saturated carbocycles. The molecule has 0 aliphatic carbocycles. The highest BCUT2D eigenvalue weighted by molar-refractivity contribution is 7.88. The van der Waals surface area contributed by atoms with Crippen LogP contribution in [0.3, 0.4) is 0 Å². The third-order valence-electron chi connectivity index (χ3n) is 4.34. The zero-order chi connectivity index (χ0) is 16.9. The standard InChI is InChI=1S/C14H27N3O5S/c1-23(20,21)15-7-14(19)17-9-12(6-13(10-17)11-18)8-16-2-4-22-5-3-16/h12-13,15,18H,2-11H2,1H3/t12-,13-/m1/s1. The van der Waals surface area contributed by atoms with Gasteiger partial charge in [0.1, 0.15) is 0 Å². The molecule has 0 aromatic heterocycles. The van der Waals surface area contributed by atoms with Crippen molar-refractivity contribution in [2.24, 2.45) is 11.8 Å². The number of sulfonamides is 1. The lowest BCUT2D eigenvalue weighted by Gasteiger charge is -2.40. The van der Waals surface area contributed by atoms with E-state index in [-0.39, 0.29) is 25.0 Å². The smallest absolute Gasteiger partial charge is 0.237 e. The van der Waals surface area contributed by atoms with Gasteiger partial charge in [-0.05, 0) is 18.3 Å². The van der Waals surface area contributed by atoms with Crippen LogP contribution in [0.1, 0.15) is 6.42 Å². The summed E-state index contributed by atoms with van der Waals surface area (Å²) in [6, 6.07) is 0. The number of hydrogen-bond acceptors (Lipinski definition) is 6. The van der Waals surface area contributed by atoms with Gasteiger partial charge in [-0.2, -0.15) is 0 Å². The quantitative estimate of drug-likeness (QED) is 0.595. The minimum absolute atomic E-state index is 0.0445. The molecule has 8 nitrogen and oxygen atoms in total. The molecule has 2 heterocycles. The second kappa shape index (κ2) is 8.39. The number of nitrogens with zero attached hydrogens (tertiary/aromatic N) is 2. The Morgan fingerprint density at radius 2 is 1.91 bits per heavy atom. The summed E-state index contributed by atoms with van der Waals surface area (Å²) in [5.74, 6) is 0.110. The number of nitrogens with one attached hydrogen (secondary N) is 1. The van der Waals surface area contributed by atoms with Gasteiger partial charge in [0.25, 0.3) is 0 Å². The average molecular weight is 349 g/mol. The fourth-order valence-electron chi connectivity index (χ4n) is 3.24. The number of aliphatic hydroxyl groups excluding tert-OH is 1. The first kappa shape index (κ1) is 18.6. The van der Waals surface area contributed by atoms with E-state index in [0.717, 1.165) is 45.5 Å². The molecular formula is C14H27N3O5S. The summed E-state index contributed by atoms with van der Waals surface area (Å²) in [5, 5.41) is 9.49. The highest BCUT2D eigenvalue weighted by Crippen LogP contribution is 2.23. The predicted molar refractivity (Wildman–Crippen MR) is 85.4 cm³/mol. The minimum atomic E-state index is -3.38. The van der Waals surface area contributed by atoms with Crippen LogP contribution in [0.4, 0.5) is 0 Å². The Morgan fingerprint density at radius 1 is 1.26 bits per heavy atom. The predicted octanol–water partition coefficient (Wildman–Crippen LogP) is -1.68. The summed E-state index contributed by atoms with van der Waals surface area (Å²) in [6.07, 6.45) is 1.92. The Kier molecular flexibility index (Phi) is 6.78. The summed E-state index contributed by atoms with van der Waals surface area (Å²) in [4.78, 5) is 16.2. The van der Waals surface area contributed by atoms with E-state index in [9.17, 15) is 18.3 Å². The number of amides is 1.